The van der Waals surface area contributed by atoms with Crippen molar-refractivity contribution >= 4 is 23.1 Å². The second-order valence-corrected chi connectivity index (χ2v) is 6.11. The van der Waals surface area contributed by atoms with Gasteiger partial charge in [-0.15, -0.1) is 11.3 Å². The molecule has 1 fully saturated rings. The van der Waals surface area contributed by atoms with E-state index in [1.807, 2.05) is 6.92 Å². The summed E-state index contributed by atoms with van der Waals surface area (Å²) in [7, 11) is 0. The molecule has 0 aromatic carbocycles. The summed E-state index contributed by atoms with van der Waals surface area (Å²) in [5, 5.41) is 0.732. The highest BCUT2D eigenvalue weighted by Gasteiger charge is 2.41. The molecule has 0 spiro atoms. The zero-order valence-electron chi connectivity index (χ0n) is 12.7. The van der Waals surface area contributed by atoms with E-state index in [2.05, 4.69) is 4.98 Å². The Kier molecular flexibility index (Phi) is 5.11. The standard InChI is InChI=1S/C15H21NO4S/c1-4-19-13(18)11-12(10(3)17)21-14(16-11)15(20-5-2)8-6-7-9-15/h4-9H2,1-3H3. The van der Waals surface area contributed by atoms with Gasteiger partial charge in [-0.3, -0.25) is 4.79 Å². The fourth-order valence-electron chi connectivity index (χ4n) is 2.73. The number of hydrogen-bond acceptors (Lipinski definition) is 6. The number of carbonyl (C=O) groups is 2. The van der Waals surface area contributed by atoms with Crippen LogP contribution < -0.4 is 0 Å². The average molecular weight is 311 g/mol. The first-order valence-electron chi connectivity index (χ1n) is 7.37. The predicted molar refractivity (Wildman–Crippen MR) is 79.8 cm³/mol. The molecule has 1 aromatic heterocycles. The molecule has 116 valence electrons. The van der Waals surface area contributed by atoms with Crippen molar-refractivity contribution in [1.29, 1.82) is 0 Å². The minimum Gasteiger partial charge on any atom is -0.461 e. The topological polar surface area (TPSA) is 65.5 Å². The van der Waals surface area contributed by atoms with E-state index in [1.54, 1.807) is 6.92 Å². The summed E-state index contributed by atoms with van der Waals surface area (Å²) in [6.07, 6.45) is 3.91. The molecular formula is C15H21NO4S. The van der Waals surface area contributed by atoms with Crippen molar-refractivity contribution in [2.45, 2.75) is 52.1 Å². The predicted octanol–water partition coefficient (Wildman–Crippen LogP) is 3.33. The molecule has 6 heteroatoms. The number of aromatic nitrogens is 1. The monoisotopic (exact) mass is 311 g/mol. The second-order valence-electron chi connectivity index (χ2n) is 5.11. The molecule has 2 rings (SSSR count). The van der Waals surface area contributed by atoms with Gasteiger partial charge < -0.3 is 9.47 Å². The normalized spacial score (nSPS) is 16.9. The van der Waals surface area contributed by atoms with Crippen LogP contribution in [0.1, 0.15) is 71.6 Å². The lowest BCUT2D eigenvalue weighted by molar-refractivity contribution is -0.0392. The Morgan fingerprint density at radius 1 is 1.24 bits per heavy atom. The lowest BCUT2D eigenvalue weighted by Gasteiger charge is -2.26. The van der Waals surface area contributed by atoms with Gasteiger partial charge in [-0.2, -0.15) is 0 Å². The fourth-order valence-corrected chi connectivity index (χ4v) is 3.88. The molecule has 0 aliphatic heterocycles. The molecule has 0 N–H and O–H groups in total. The van der Waals surface area contributed by atoms with Crippen LogP contribution >= 0.6 is 11.3 Å². The Morgan fingerprint density at radius 3 is 2.43 bits per heavy atom. The molecule has 0 unspecified atom stereocenters. The molecule has 1 saturated carbocycles. The van der Waals surface area contributed by atoms with E-state index in [0.717, 1.165) is 30.7 Å². The van der Waals surface area contributed by atoms with Gasteiger partial charge in [-0.1, -0.05) is 12.8 Å². The second kappa shape index (κ2) is 6.66. The van der Waals surface area contributed by atoms with Crippen molar-refractivity contribution in [2.24, 2.45) is 0 Å². The summed E-state index contributed by atoms with van der Waals surface area (Å²) >= 11 is 1.27. The zero-order chi connectivity index (χ0) is 15.5. The summed E-state index contributed by atoms with van der Waals surface area (Å²) in [4.78, 5) is 28.6. The Morgan fingerprint density at radius 2 is 1.90 bits per heavy atom. The molecular weight excluding hydrogens is 290 g/mol. The first-order chi connectivity index (χ1) is 10.0. The average Bonchev–Trinajstić information content (AvgIpc) is 3.06. The van der Waals surface area contributed by atoms with Gasteiger partial charge in [0.1, 0.15) is 15.5 Å². The van der Waals surface area contributed by atoms with Crippen molar-refractivity contribution in [3.63, 3.8) is 0 Å². The molecule has 5 nitrogen and oxygen atoms in total. The lowest BCUT2D eigenvalue weighted by Crippen LogP contribution is -2.26. The Hall–Kier alpha value is -1.27. The number of ether oxygens (including phenoxy) is 2. The number of carbonyl (C=O) groups excluding carboxylic acids is 2. The number of nitrogens with zero attached hydrogens (tertiary/aromatic N) is 1. The van der Waals surface area contributed by atoms with Crippen molar-refractivity contribution in [1.82, 2.24) is 4.98 Å². The van der Waals surface area contributed by atoms with Gasteiger partial charge in [-0.05, 0) is 26.7 Å². The fraction of sp³-hybridized carbons (Fsp3) is 0.667. The van der Waals surface area contributed by atoms with Gasteiger partial charge in [-0.25, -0.2) is 9.78 Å². The third-order valence-corrected chi connectivity index (χ3v) is 4.98. The van der Waals surface area contributed by atoms with E-state index in [9.17, 15) is 9.59 Å². The van der Waals surface area contributed by atoms with Crippen molar-refractivity contribution in [2.75, 3.05) is 13.2 Å². The maximum Gasteiger partial charge on any atom is 0.358 e. The highest BCUT2D eigenvalue weighted by Crippen LogP contribution is 2.44. The van der Waals surface area contributed by atoms with Gasteiger partial charge in [0.05, 0.1) is 6.61 Å². The highest BCUT2D eigenvalue weighted by molar-refractivity contribution is 7.14. The number of esters is 1. The number of thiazole rings is 1. The summed E-state index contributed by atoms with van der Waals surface area (Å²) in [5.74, 6) is -0.693. The van der Waals surface area contributed by atoms with Crippen LogP contribution in [-0.4, -0.2) is 30.0 Å². The van der Waals surface area contributed by atoms with Gasteiger partial charge in [0, 0.05) is 13.5 Å². The smallest absolute Gasteiger partial charge is 0.358 e. The first-order valence-corrected chi connectivity index (χ1v) is 8.19. The number of Topliss-reactive ketones (excluding diaryl/α,β-unsaturated/α-hetero) is 1. The Bertz CT molecular complexity index is 532. The van der Waals surface area contributed by atoms with Crippen LogP contribution in [0.15, 0.2) is 0 Å². The van der Waals surface area contributed by atoms with Crippen LogP contribution in [0.3, 0.4) is 0 Å². The first kappa shape index (κ1) is 16.1. The van der Waals surface area contributed by atoms with E-state index < -0.39 is 11.6 Å². The van der Waals surface area contributed by atoms with Gasteiger partial charge in [0.25, 0.3) is 0 Å². The molecule has 1 aromatic rings. The van der Waals surface area contributed by atoms with Crippen LogP contribution in [0.25, 0.3) is 0 Å². The quantitative estimate of drug-likeness (QED) is 0.595. The zero-order valence-corrected chi connectivity index (χ0v) is 13.5. The highest BCUT2D eigenvalue weighted by atomic mass is 32.1. The van der Waals surface area contributed by atoms with E-state index in [-0.39, 0.29) is 18.1 Å². The van der Waals surface area contributed by atoms with E-state index in [1.165, 1.54) is 18.3 Å². The maximum absolute atomic E-state index is 12.0. The van der Waals surface area contributed by atoms with Crippen LogP contribution in [0.2, 0.25) is 0 Å². The van der Waals surface area contributed by atoms with Crippen LogP contribution in [0.5, 0.6) is 0 Å². The molecule has 21 heavy (non-hydrogen) atoms. The molecule has 0 radical (unpaired) electrons. The van der Waals surface area contributed by atoms with Gasteiger partial charge in [0.2, 0.25) is 0 Å². The Labute approximate surface area is 128 Å². The van der Waals surface area contributed by atoms with E-state index in [0.29, 0.717) is 11.5 Å². The SMILES string of the molecule is CCOC(=O)c1nc(C2(OCC)CCCC2)sc1C(C)=O. The van der Waals surface area contributed by atoms with Crippen molar-refractivity contribution in [3.8, 4) is 0 Å². The van der Waals surface area contributed by atoms with E-state index >= 15 is 0 Å². The molecule has 0 bridgehead atoms. The van der Waals surface area contributed by atoms with Crippen molar-refractivity contribution in [3.05, 3.63) is 15.6 Å². The molecule has 1 aliphatic carbocycles. The van der Waals surface area contributed by atoms with Gasteiger partial charge >= 0.3 is 5.97 Å². The van der Waals surface area contributed by atoms with Crippen molar-refractivity contribution < 1.29 is 19.1 Å². The van der Waals surface area contributed by atoms with Crippen LogP contribution in [-0.2, 0) is 15.1 Å². The molecule has 0 atom stereocenters. The largest absolute Gasteiger partial charge is 0.461 e. The van der Waals surface area contributed by atoms with E-state index in [4.69, 9.17) is 9.47 Å². The maximum atomic E-state index is 12.0. The number of ketones is 1. The van der Waals surface area contributed by atoms with Gasteiger partial charge in [0.15, 0.2) is 11.5 Å². The molecule has 0 saturated heterocycles. The van der Waals surface area contributed by atoms with Crippen LogP contribution in [0, 0.1) is 0 Å². The molecule has 1 aliphatic rings. The minimum atomic E-state index is -0.533. The minimum absolute atomic E-state index is 0.135. The third-order valence-electron chi connectivity index (χ3n) is 3.64. The Balaban J connectivity index is 2.43. The summed E-state index contributed by atoms with van der Waals surface area (Å²) in [5.41, 5.74) is -0.302. The summed E-state index contributed by atoms with van der Waals surface area (Å²) < 4.78 is 10.9. The number of rotatable bonds is 6. The third kappa shape index (κ3) is 3.16. The molecule has 0 amide bonds. The summed E-state index contributed by atoms with van der Waals surface area (Å²) in [6.45, 7) is 5.98. The summed E-state index contributed by atoms with van der Waals surface area (Å²) in [6, 6.07) is 0. The number of hydrogen-bond donors (Lipinski definition) is 0. The van der Waals surface area contributed by atoms with Crippen LogP contribution in [0.4, 0.5) is 0 Å². The lowest BCUT2D eigenvalue weighted by atomic mass is 10.0. The molecule has 1 heterocycles.